The van der Waals surface area contributed by atoms with Gasteiger partial charge in [-0.3, -0.25) is 4.79 Å². The number of amides is 1. The van der Waals surface area contributed by atoms with Crippen molar-refractivity contribution in [3.63, 3.8) is 0 Å². The minimum absolute atomic E-state index is 0.0312. The van der Waals surface area contributed by atoms with E-state index in [2.05, 4.69) is 10.6 Å². The molecule has 0 spiro atoms. The largest absolute Gasteiger partial charge is 0.374 e. The number of nitrogens with one attached hydrogen (secondary N) is 2. The molecule has 6 heteroatoms. The van der Waals surface area contributed by atoms with Gasteiger partial charge in [-0.2, -0.15) is 0 Å². The van der Waals surface area contributed by atoms with Gasteiger partial charge in [0, 0.05) is 31.3 Å². The third-order valence-electron chi connectivity index (χ3n) is 2.62. The van der Waals surface area contributed by atoms with E-state index < -0.39 is 17.5 Å². The van der Waals surface area contributed by atoms with Crippen molar-refractivity contribution in [2.75, 3.05) is 26.2 Å². The van der Waals surface area contributed by atoms with E-state index in [1.54, 1.807) is 0 Å². The molecule has 0 radical (unpaired) electrons. The first-order valence-electron chi connectivity index (χ1n) is 5.72. The number of hydrogen-bond donors (Lipinski definition) is 2. The molecule has 1 fully saturated rings. The van der Waals surface area contributed by atoms with Gasteiger partial charge in [-0.25, -0.2) is 8.78 Å². The first-order valence-corrected chi connectivity index (χ1v) is 5.72. The van der Waals surface area contributed by atoms with Crippen LogP contribution >= 0.6 is 0 Å². The zero-order chi connectivity index (χ0) is 13.0. The van der Waals surface area contributed by atoms with Gasteiger partial charge in [-0.05, 0) is 12.1 Å². The fourth-order valence-electron chi connectivity index (χ4n) is 1.74. The van der Waals surface area contributed by atoms with E-state index in [-0.39, 0.29) is 11.7 Å². The smallest absolute Gasteiger partial charge is 0.251 e. The molecule has 1 amide bonds. The number of rotatable bonds is 3. The first kappa shape index (κ1) is 12.9. The van der Waals surface area contributed by atoms with Crippen LogP contribution in [0.25, 0.3) is 0 Å². The zero-order valence-electron chi connectivity index (χ0n) is 9.71. The molecule has 0 bridgehead atoms. The quantitative estimate of drug-likeness (QED) is 0.836. The van der Waals surface area contributed by atoms with Gasteiger partial charge in [0.25, 0.3) is 5.91 Å². The summed E-state index contributed by atoms with van der Waals surface area (Å²) in [6.45, 7) is 2.34. The molecule has 0 aromatic heterocycles. The number of ether oxygens (including phenoxy) is 1. The van der Waals surface area contributed by atoms with Crippen molar-refractivity contribution in [2.24, 2.45) is 0 Å². The molecule has 1 heterocycles. The highest BCUT2D eigenvalue weighted by Gasteiger charge is 2.15. The summed E-state index contributed by atoms with van der Waals surface area (Å²) in [6, 6.07) is 2.72. The van der Waals surface area contributed by atoms with Crippen LogP contribution < -0.4 is 10.6 Å². The molecule has 4 nitrogen and oxygen atoms in total. The minimum Gasteiger partial charge on any atom is -0.374 e. The van der Waals surface area contributed by atoms with E-state index in [4.69, 9.17) is 4.74 Å². The monoisotopic (exact) mass is 256 g/mol. The van der Waals surface area contributed by atoms with Crippen molar-refractivity contribution in [2.45, 2.75) is 6.10 Å². The van der Waals surface area contributed by atoms with E-state index in [9.17, 15) is 13.6 Å². The average Bonchev–Trinajstić information content (AvgIpc) is 2.36. The summed E-state index contributed by atoms with van der Waals surface area (Å²) in [4.78, 5) is 11.7. The summed E-state index contributed by atoms with van der Waals surface area (Å²) in [5, 5.41) is 5.71. The Bertz CT molecular complexity index is 414. The van der Waals surface area contributed by atoms with Gasteiger partial charge >= 0.3 is 0 Å². The van der Waals surface area contributed by atoms with Crippen molar-refractivity contribution in [3.05, 3.63) is 35.4 Å². The number of hydrogen-bond acceptors (Lipinski definition) is 3. The fourth-order valence-corrected chi connectivity index (χ4v) is 1.74. The Balaban J connectivity index is 1.90. The summed E-state index contributed by atoms with van der Waals surface area (Å²) in [5.74, 6) is -2.05. The molecule has 1 aliphatic heterocycles. The van der Waals surface area contributed by atoms with E-state index in [0.29, 0.717) is 19.7 Å². The molecule has 18 heavy (non-hydrogen) atoms. The lowest BCUT2D eigenvalue weighted by atomic mass is 10.2. The summed E-state index contributed by atoms with van der Waals surface area (Å²) in [6.07, 6.45) is -0.110. The molecule has 1 saturated heterocycles. The molecule has 1 aliphatic rings. The Morgan fingerprint density at radius 3 is 2.72 bits per heavy atom. The Morgan fingerprint density at radius 2 is 2.11 bits per heavy atom. The third-order valence-corrected chi connectivity index (χ3v) is 2.62. The van der Waals surface area contributed by atoms with E-state index in [1.807, 2.05) is 0 Å². The summed E-state index contributed by atoms with van der Waals surface area (Å²) >= 11 is 0. The maximum Gasteiger partial charge on any atom is 0.251 e. The van der Waals surface area contributed by atoms with Crippen molar-refractivity contribution in [1.29, 1.82) is 0 Å². The molecule has 2 rings (SSSR count). The molecule has 0 aliphatic carbocycles. The second kappa shape index (κ2) is 5.88. The molecule has 1 aromatic carbocycles. The predicted octanol–water partition coefficient (Wildman–Crippen LogP) is 0.683. The number of benzene rings is 1. The molecular weight excluding hydrogens is 242 g/mol. The van der Waals surface area contributed by atoms with Crippen LogP contribution in [0.3, 0.4) is 0 Å². The standard InChI is InChI=1S/C12H14F2N2O2/c13-9-3-8(4-10(14)5-9)12(17)16-7-11-6-15-1-2-18-11/h3-5,11,15H,1-2,6-7H2,(H,16,17). The number of carbonyl (C=O) groups excluding carboxylic acids is 1. The Hall–Kier alpha value is -1.53. The normalized spacial score (nSPS) is 19.6. The second-order valence-electron chi connectivity index (χ2n) is 4.07. The summed E-state index contributed by atoms with van der Waals surface area (Å²) in [5.41, 5.74) is -0.0312. The molecule has 2 N–H and O–H groups in total. The van der Waals surface area contributed by atoms with E-state index in [1.165, 1.54) is 0 Å². The Kier molecular flexibility index (Phi) is 4.22. The highest BCUT2D eigenvalue weighted by Crippen LogP contribution is 2.07. The highest BCUT2D eigenvalue weighted by atomic mass is 19.1. The summed E-state index contributed by atoms with van der Waals surface area (Å²) in [7, 11) is 0. The van der Waals surface area contributed by atoms with Crippen LogP contribution in [0.15, 0.2) is 18.2 Å². The molecular formula is C12H14F2N2O2. The maximum absolute atomic E-state index is 12.9. The lowest BCUT2D eigenvalue weighted by Gasteiger charge is -2.23. The fraction of sp³-hybridized carbons (Fsp3) is 0.417. The van der Waals surface area contributed by atoms with Crippen LogP contribution in [-0.2, 0) is 4.74 Å². The van der Waals surface area contributed by atoms with Gasteiger partial charge in [0.05, 0.1) is 12.7 Å². The van der Waals surface area contributed by atoms with Crippen molar-refractivity contribution < 1.29 is 18.3 Å². The van der Waals surface area contributed by atoms with Crippen LogP contribution in [0.4, 0.5) is 8.78 Å². The minimum atomic E-state index is -0.768. The molecule has 0 saturated carbocycles. The zero-order valence-corrected chi connectivity index (χ0v) is 9.71. The molecule has 1 aromatic rings. The van der Waals surface area contributed by atoms with E-state index >= 15 is 0 Å². The van der Waals surface area contributed by atoms with Crippen LogP contribution in [0, 0.1) is 11.6 Å². The first-order chi connectivity index (χ1) is 8.65. The predicted molar refractivity (Wildman–Crippen MR) is 61.3 cm³/mol. The van der Waals surface area contributed by atoms with Crippen LogP contribution in [0.5, 0.6) is 0 Å². The number of morpholine rings is 1. The lowest BCUT2D eigenvalue weighted by molar-refractivity contribution is 0.0287. The van der Waals surface area contributed by atoms with Crippen LogP contribution in [-0.4, -0.2) is 38.3 Å². The highest BCUT2D eigenvalue weighted by molar-refractivity contribution is 5.94. The Morgan fingerprint density at radius 1 is 1.39 bits per heavy atom. The Labute approximate surface area is 103 Å². The van der Waals surface area contributed by atoms with Crippen molar-refractivity contribution >= 4 is 5.91 Å². The lowest BCUT2D eigenvalue weighted by Crippen LogP contribution is -2.45. The van der Waals surface area contributed by atoms with Gasteiger partial charge in [-0.15, -0.1) is 0 Å². The van der Waals surface area contributed by atoms with Gasteiger partial charge in [0.15, 0.2) is 0 Å². The third kappa shape index (κ3) is 3.48. The van der Waals surface area contributed by atoms with Crippen LogP contribution in [0.2, 0.25) is 0 Å². The van der Waals surface area contributed by atoms with Crippen molar-refractivity contribution in [1.82, 2.24) is 10.6 Å². The molecule has 1 unspecified atom stereocenters. The molecule has 98 valence electrons. The second-order valence-corrected chi connectivity index (χ2v) is 4.07. The summed E-state index contributed by atoms with van der Waals surface area (Å²) < 4.78 is 31.2. The average molecular weight is 256 g/mol. The van der Waals surface area contributed by atoms with Gasteiger partial charge in [0.1, 0.15) is 11.6 Å². The number of halogens is 2. The van der Waals surface area contributed by atoms with E-state index in [0.717, 1.165) is 24.7 Å². The van der Waals surface area contributed by atoms with Crippen LogP contribution in [0.1, 0.15) is 10.4 Å². The van der Waals surface area contributed by atoms with Gasteiger partial charge in [0.2, 0.25) is 0 Å². The number of carbonyl (C=O) groups is 1. The maximum atomic E-state index is 12.9. The molecule has 1 atom stereocenters. The SMILES string of the molecule is O=C(NCC1CNCCO1)c1cc(F)cc(F)c1. The van der Waals surface area contributed by atoms with Gasteiger partial charge < -0.3 is 15.4 Å². The van der Waals surface area contributed by atoms with Crippen molar-refractivity contribution in [3.8, 4) is 0 Å². The topological polar surface area (TPSA) is 50.4 Å². The van der Waals surface area contributed by atoms with Gasteiger partial charge in [-0.1, -0.05) is 0 Å².